The minimum Gasteiger partial charge on any atom is -0.472 e. The van der Waals surface area contributed by atoms with Gasteiger partial charge in [0.2, 0.25) is 0 Å². The highest BCUT2D eigenvalue weighted by Gasteiger charge is 2.25. The first-order valence-corrected chi connectivity index (χ1v) is 6.26. The van der Waals surface area contributed by atoms with E-state index in [1.807, 2.05) is 12.3 Å². The molecule has 0 aliphatic carbocycles. The van der Waals surface area contributed by atoms with Crippen molar-refractivity contribution in [2.75, 3.05) is 13.2 Å². The van der Waals surface area contributed by atoms with Crippen molar-refractivity contribution in [1.82, 2.24) is 5.32 Å². The lowest BCUT2D eigenvalue weighted by atomic mass is 10.0. The number of rotatable bonds is 6. The van der Waals surface area contributed by atoms with E-state index in [1.54, 1.807) is 6.26 Å². The van der Waals surface area contributed by atoms with Crippen molar-refractivity contribution in [2.24, 2.45) is 0 Å². The van der Waals surface area contributed by atoms with Crippen molar-refractivity contribution in [3.8, 4) is 0 Å². The third-order valence-corrected chi connectivity index (χ3v) is 3.11. The lowest BCUT2D eigenvalue weighted by Gasteiger charge is -2.23. The normalized spacial score (nSPS) is 22.4. The predicted octanol–water partition coefficient (Wildman–Crippen LogP) is 2.37. The van der Waals surface area contributed by atoms with Gasteiger partial charge in [0, 0.05) is 12.6 Å². The van der Waals surface area contributed by atoms with E-state index < -0.39 is 0 Å². The molecule has 1 aliphatic heterocycles. The van der Waals surface area contributed by atoms with Gasteiger partial charge in [-0.1, -0.05) is 6.92 Å². The molecule has 3 nitrogen and oxygen atoms in total. The minimum atomic E-state index is 0.376. The summed E-state index contributed by atoms with van der Waals surface area (Å²) in [5.74, 6) is 0. The zero-order chi connectivity index (χ0) is 11.2. The van der Waals surface area contributed by atoms with Gasteiger partial charge >= 0.3 is 0 Å². The molecule has 1 N–H and O–H groups in total. The van der Waals surface area contributed by atoms with E-state index in [0.717, 1.165) is 26.0 Å². The van der Waals surface area contributed by atoms with Crippen LogP contribution in [0.5, 0.6) is 0 Å². The zero-order valence-electron chi connectivity index (χ0n) is 9.95. The molecule has 1 fully saturated rings. The smallest absolute Gasteiger partial charge is 0.0935 e. The maximum atomic E-state index is 5.77. The fourth-order valence-electron chi connectivity index (χ4n) is 2.25. The van der Waals surface area contributed by atoms with E-state index in [1.165, 1.54) is 18.4 Å². The highest BCUT2D eigenvalue weighted by Crippen LogP contribution is 2.19. The van der Waals surface area contributed by atoms with Crippen molar-refractivity contribution < 1.29 is 9.15 Å². The standard InChI is InChI=1S/C13H21NO2/c1-2-6-14-12(13-4-3-7-16-13)9-11-5-8-15-10-11/h5,8,10,12-14H,2-4,6-7,9H2,1H3. The Labute approximate surface area is 97.2 Å². The summed E-state index contributed by atoms with van der Waals surface area (Å²) in [5.41, 5.74) is 1.25. The van der Waals surface area contributed by atoms with Gasteiger partial charge in [-0.15, -0.1) is 0 Å². The van der Waals surface area contributed by atoms with Crippen LogP contribution in [0.4, 0.5) is 0 Å². The van der Waals surface area contributed by atoms with E-state index in [4.69, 9.17) is 9.15 Å². The third kappa shape index (κ3) is 3.09. The van der Waals surface area contributed by atoms with Crippen LogP contribution in [0, 0.1) is 0 Å². The van der Waals surface area contributed by atoms with Crippen LogP contribution in [-0.4, -0.2) is 25.3 Å². The van der Waals surface area contributed by atoms with E-state index in [2.05, 4.69) is 12.2 Å². The maximum Gasteiger partial charge on any atom is 0.0935 e. The van der Waals surface area contributed by atoms with Crippen LogP contribution >= 0.6 is 0 Å². The number of hydrogen-bond acceptors (Lipinski definition) is 3. The Morgan fingerprint density at radius 1 is 1.56 bits per heavy atom. The summed E-state index contributed by atoms with van der Waals surface area (Å²) < 4.78 is 10.9. The molecule has 1 aliphatic rings. The van der Waals surface area contributed by atoms with E-state index in [9.17, 15) is 0 Å². The largest absolute Gasteiger partial charge is 0.472 e. The average molecular weight is 223 g/mol. The summed E-state index contributed by atoms with van der Waals surface area (Å²) >= 11 is 0. The lowest BCUT2D eigenvalue weighted by molar-refractivity contribution is 0.0783. The van der Waals surface area contributed by atoms with Crippen LogP contribution in [0.1, 0.15) is 31.7 Å². The second-order valence-corrected chi connectivity index (χ2v) is 4.45. The first-order valence-electron chi connectivity index (χ1n) is 6.26. The molecule has 16 heavy (non-hydrogen) atoms. The molecule has 2 unspecified atom stereocenters. The van der Waals surface area contributed by atoms with Crippen LogP contribution in [-0.2, 0) is 11.2 Å². The highest BCUT2D eigenvalue weighted by atomic mass is 16.5. The summed E-state index contributed by atoms with van der Waals surface area (Å²) in [6, 6.07) is 2.47. The van der Waals surface area contributed by atoms with Gasteiger partial charge in [-0.25, -0.2) is 0 Å². The molecule has 90 valence electrons. The van der Waals surface area contributed by atoms with Gasteiger partial charge in [0.1, 0.15) is 0 Å². The summed E-state index contributed by atoms with van der Waals surface area (Å²) in [7, 11) is 0. The summed E-state index contributed by atoms with van der Waals surface area (Å²) in [6.45, 7) is 4.17. The van der Waals surface area contributed by atoms with Crippen molar-refractivity contribution in [2.45, 2.75) is 44.8 Å². The molecule has 2 heterocycles. The Balaban J connectivity index is 1.90. The van der Waals surface area contributed by atoms with E-state index >= 15 is 0 Å². The molecule has 1 aromatic heterocycles. The van der Waals surface area contributed by atoms with Gasteiger partial charge in [0.05, 0.1) is 18.6 Å². The van der Waals surface area contributed by atoms with Crippen molar-refractivity contribution >= 4 is 0 Å². The zero-order valence-corrected chi connectivity index (χ0v) is 9.95. The molecular formula is C13H21NO2. The topological polar surface area (TPSA) is 34.4 Å². The molecule has 1 aromatic rings. The first kappa shape index (κ1) is 11.7. The van der Waals surface area contributed by atoms with Gasteiger partial charge < -0.3 is 14.5 Å². The molecule has 2 rings (SSSR count). The fraction of sp³-hybridized carbons (Fsp3) is 0.692. The molecule has 0 spiro atoms. The molecule has 0 amide bonds. The Morgan fingerprint density at radius 2 is 2.50 bits per heavy atom. The maximum absolute atomic E-state index is 5.77. The molecule has 0 radical (unpaired) electrons. The summed E-state index contributed by atoms with van der Waals surface area (Å²) in [5, 5.41) is 3.58. The first-order chi connectivity index (χ1) is 7.90. The van der Waals surface area contributed by atoms with Crippen LogP contribution in [0.15, 0.2) is 23.0 Å². The second-order valence-electron chi connectivity index (χ2n) is 4.45. The van der Waals surface area contributed by atoms with E-state index in [-0.39, 0.29) is 0 Å². The van der Waals surface area contributed by atoms with Gasteiger partial charge in [-0.05, 0) is 43.9 Å². The highest BCUT2D eigenvalue weighted by molar-refractivity contribution is 5.08. The molecule has 1 saturated heterocycles. The van der Waals surface area contributed by atoms with Crippen LogP contribution in [0.2, 0.25) is 0 Å². The van der Waals surface area contributed by atoms with Crippen LogP contribution in [0.3, 0.4) is 0 Å². The summed E-state index contributed by atoms with van der Waals surface area (Å²) in [4.78, 5) is 0. The Morgan fingerprint density at radius 3 is 3.12 bits per heavy atom. The third-order valence-electron chi connectivity index (χ3n) is 3.11. The van der Waals surface area contributed by atoms with Crippen LogP contribution < -0.4 is 5.32 Å². The molecular weight excluding hydrogens is 202 g/mol. The van der Waals surface area contributed by atoms with Gasteiger partial charge in [-0.2, -0.15) is 0 Å². The van der Waals surface area contributed by atoms with Crippen molar-refractivity contribution in [1.29, 1.82) is 0 Å². The monoisotopic (exact) mass is 223 g/mol. The fourth-order valence-corrected chi connectivity index (χ4v) is 2.25. The van der Waals surface area contributed by atoms with E-state index in [0.29, 0.717) is 12.1 Å². The number of hydrogen-bond donors (Lipinski definition) is 1. The Kier molecular flexibility index (Phi) is 4.43. The van der Waals surface area contributed by atoms with Gasteiger partial charge in [0.25, 0.3) is 0 Å². The molecule has 3 heteroatoms. The molecule has 0 aromatic carbocycles. The Bertz CT molecular complexity index is 278. The van der Waals surface area contributed by atoms with Gasteiger partial charge in [-0.3, -0.25) is 0 Å². The number of nitrogens with one attached hydrogen (secondary N) is 1. The van der Waals surface area contributed by atoms with Crippen molar-refractivity contribution in [3.05, 3.63) is 24.2 Å². The lowest BCUT2D eigenvalue weighted by Crippen LogP contribution is -2.41. The minimum absolute atomic E-state index is 0.376. The average Bonchev–Trinajstić information content (AvgIpc) is 2.96. The summed E-state index contributed by atoms with van der Waals surface area (Å²) in [6.07, 6.45) is 8.48. The molecule has 0 bridgehead atoms. The Hall–Kier alpha value is -0.800. The number of furan rings is 1. The number of ether oxygens (including phenoxy) is 1. The SMILES string of the molecule is CCCNC(Cc1ccoc1)C1CCCO1. The van der Waals surface area contributed by atoms with Crippen LogP contribution in [0.25, 0.3) is 0 Å². The molecule has 2 atom stereocenters. The second kappa shape index (κ2) is 6.06. The quantitative estimate of drug-likeness (QED) is 0.804. The van der Waals surface area contributed by atoms with Gasteiger partial charge in [0.15, 0.2) is 0 Å². The molecule has 0 saturated carbocycles. The van der Waals surface area contributed by atoms with Crippen molar-refractivity contribution in [3.63, 3.8) is 0 Å². The predicted molar refractivity (Wildman–Crippen MR) is 63.5 cm³/mol.